The highest BCUT2D eigenvalue weighted by atomic mass is 32.2. The topological polar surface area (TPSA) is 47.3 Å². The van der Waals surface area contributed by atoms with Gasteiger partial charge in [0, 0.05) is 26.2 Å². The minimum Gasteiger partial charge on any atom is -0.396 e. The monoisotopic (exact) mass is 228 g/mol. The molecule has 1 saturated heterocycles. The van der Waals surface area contributed by atoms with E-state index in [4.69, 9.17) is 10.4 Å². The van der Waals surface area contributed by atoms with Crippen molar-refractivity contribution in [1.29, 1.82) is 5.26 Å². The zero-order chi connectivity index (χ0) is 11.3. The normalized spacial score (nSPS) is 23.3. The van der Waals surface area contributed by atoms with E-state index in [1.165, 1.54) is 0 Å². The Bertz CT molecular complexity index is 231. The van der Waals surface area contributed by atoms with Gasteiger partial charge in [0.1, 0.15) is 4.75 Å². The van der Waals surface area contributed by atoms with Gasteiger partial charge in [-0.3, -0.25) is 0 Å². The van der Waals surface area contributed by atoms with E-state index < -0.39 is 0 Å². The van der Waals surface area contributed by atoms with E-state index in [1.54, 1.807) is 11.8 Å². The average molecular weight is 228 g/mol. The zero-order valence-corrected chi connectivity index (χ0v) is 10.4. The van der Waals surface area contributed by atoms with Crippen molar-refractivity contribution in [2.24, 2.45) is 5.92 Å². The van der Waals surface area contributed by atoms with Crippen LogP contribution in [0.2, 0.25) is 0 Å². The second-order valence-corrected chi connectivity index (χ2v) is 5.59. The number of hydrogen-bond donors (Lipinski definition) is 1. The van der Waals surface area contributed by atoms with Crippen LogP contribution in [0.4, 0.5) is 0 Å². The fourth-order valence-electron chi connectivity index (χ4n) is 1.96. The lowest BCUT2D eigenvalue weighted by atomic mass is 9.96. The van der Waals surface area contributed by atoms with Crippen LogP contribution in [0.5, 0.6) is 0 Å². The first kappa shape index (κ1) is 12.8. The minimum absolute atomic E-state index is 0.154. The van der Waals surface area contributed by atoms with Crippen LogP contribution in [0.3, 0.4) is 0 Å². The fraction of sp³-hybridized carbons (Fsp3) is 0.909. The van der Waals surface area contributed by atoms with Crippen LogP contribution in [0.25, 0.3) is 0 Å². The molecule has 1 heterocycles. The number of aliphatic hydroxyl groups excluding tert-OH is 1. The molecule has 1 fully saturated rings. The van der Waals surface area contributed by atoms with Crippen molar-refractivity contribution in [1.82, 2.24) is 4.90 Å². The number of piperidine rings is 1. The van der Waals surface area contributed by atoms with E-state index in [2.05, 4.69) is 17.9 Å². The van der Waals surface area contributed by atoms with E-state index in [1.807, 2.05) is 6.26 Å². The van der Waals surface area contributed by atoms with Gasteiger partial charge in [-0.1, -0.05) is 6.92 Å². The van der Waals surface area contributed by atoms with Gasteiger partial charge in [-0.15, -0.1) is 11.8 Å². The highest BCUT2D eigenvalue weighted by molar-refractivity contribution is 8.00. The van der Waals surface area contributed by atoms with Crippen LogP contribution in [0, 0.1) is 17.2 Å². The molecule has 0 saturated carbocycles. The quantitative estimate of drug-likeness (QED) is 0.789. The predicted octanol–water partition coefficient (Wildman–Crippen LogP) is 1.34. The first-order valence-corrected chi connectivity index (χ1v) is 6.68. The molecule has 0 aromatic heterocycles. The van der Waals surface area contributed by atoms with Gasteiger partial charge < -0.3 is 10.0 Å². The number of likely N-dealkylation sites (tertiary alicyclic amines) is 1. The number of nitriles is 1. The third-order valence-corrected chi connectivity index (χ3v) is 4.42. The summed E-state index contributed by atoms with van der Waals surface area (Å²) in [5, 5.41) is 18.1. The van der Waals surface area contributed by atoms with Crippen molar-refractivity contribution in [3.05, 3.63) is 0 Å². The lowest BCUT2D eigenvalue weighted by Gasteiger charge is -2.37. The summed E-state index contributed by atoms with van der Waals surface area (Å²) in [6.45, 7) is 5.23. The molecule has 1 aliphatic heterocycles. The third kappa shape index (κ3) is 3.37. The Hall–Kier alpha value is -0.240. The van der Waals surface area contributed by atoms with E-state index in [0.29, 0.717) is 5.92 Å². The number of thioether (sulfide) groups is 1. The summed E-state index contributed by atoms with van der Waals surface area (Å²) in [6.07, 6.45) is 3.92. The maximum Gasteiger partial charge on any atom is 0.104 e. The lowest BCUT2D eigenvalue weighted by Crippen LogP contribution is -2.43. The molecule has 0 aromatic rings. The third-order valence-electron chi connectivity index (χ3n) is 3.14. The summed E-state index contributed by atoms with van der Waals surface area (Å²) in [4.78, 5) is 2.35. The SMILES string of the molecule is CSC1(C#N)CCN(CC(C)CO)CC1. The fourth-order valence-corrected chi connectivity index (χ4v) is 2.64. The van der Waals surface area contributed by atoms with E-state index in [9.17, 15) is 0 Å². The van der Waals surface area contributed by atoms with Crippen LogP contribution in [-0.2, 0) is 0 Å². The smallest absolute Gasteiger partial charge is 0.104 e. The summed E-state index contributed by atoms with van der Waals surface area (Å²) in [7, 11) is 0. The molecule has 0 amide bonds. The van der Waals surface area contributed by atoms with E-state index in [-0.39, 0.29) is 11.4 Å². The van der Waals surface area contributed by atoms with Crippen molar-refractivity contribution >= 4 is 11.8 Å². The average Bonchev–Trinajstić information content (AvgIpc) is 2.30. The Kier molecular flexibility index (Phi) is 4.91. The molecule has 0 bridgehead atoms. The van der Waals surface area contributed by atoms with Crippen LogP contribution in [0.15, 0.2) is 0 Å². The molecule has 86 valence electrons. The largest absolute Gasteiger partial charge is 0.396 e. The maximum atomic E-state index is 9.13. The number of hydrogen-bond acceptors (Lipinski definition) is 4. The highest BCUT2D eigenvalue weighted by Gasteiger charge is 2.33. The molecule has 1 atom stereocenters. The van der Waals surface area contributed by atoms with Gasteiger partial charge in [-0.2, -0.15) is 5.26 Å². The number of nitrogens with zero attached hydrogens (tertiary/aromatic N) is 2. The van der Waals surface area contributed by atoms with Crippen LogP contribution in [0.1, 0.15) is 19.8 Å². The van der Waals surface area contributed by atoms with Crippen LogP contribution >= 0.6 is 11.8 Å². The highest BCUT2D eigenvalue weighted by Crippen LogP contribution is 2.33. The summed E-state index contributed by atoms with van der Waals surface area (Å²) >= 11 is 1.68. The van der Waals surface area contributed by atoms with Gasteiger partial charge in [0.15, 0.2) is 0 Å². The minimum atomic E-state index is -0.154. The van der Waals surface area contributed by atoms with Gasteiger partial charge in [-0.25, -0.2) is 0 Å². The van der Waals surface area contributed by atoms with Crippen molar-refractivity contribution < 1.29 is 5.11 Å². The molecule has 15 heavy (non-hydrogen) atoms. The molecule has 0 radical (unpaired) electrons. The number of aliphatic hydroxyl groups is 1. The number of rotatable bonds is 4. The summed E-state index contributed by atoms with van der Waals surface area (Å²) in [5.74, 6) is 0.342. The van der Waals surface area contributed by atoms with Crippen LogP contribution in [-0.4, -0.2) is 47.3 Å². The molecule has 0 spiro atoms. The second kappa shape index (κ2) is 5.74. The standard InChI is InChI=1S/C11H20N2OS/c1-10(8-14)7-13-5-3-11(9-12,15-2)4-6-13/h10,14H,3-8H2,1-2H3. The molecule has 1 aliphatic rings. The van der Waals surface area contributed by atoms with Crippen molar-refractivity contribution in [2.75, 3.05) is 32.5 Å². The molecular weight excluding hydrogens is 208 g/mol. The van der Waals surface area contributed by atoms with Gasteiger partial charge in [-0.05, 0) is 25.0 Å². The zero-order valence-electron chi connectivity index (χ0n) is 9.57. The van der Waals surface area contributed by atoms with Gasteiger partial charge in [0.05, 0.1) is 6.07 Å². The van der Waals surface area contributed by atoms with Gasteiger partial charge in [0.2, 0.25) is 0 Å². The first-order chi connectivity index (χ1) is 7.15. The summed E-state index contributed by atoms with van der Waals surface area (Å²) < 4.78 is -0.154. The summed E-state index contributed by atoms with van der Waals surface area (Å²) in [5.41, 5.74) is 0. The van der Waals surface area contributed by atoms with Crippen molar-refractivity contribution in [3.8, 4) is 6.07 Å². The van der Waals surface area contributed by atoms with E-state index in [0.717, 1.165) is 32.5 Å². The van der Waals surface area contributed by atoms with E-state index >= 15 is 0 Å². The van der Waals surface area contributed by atoms with Crippen molar-refractivity contribution in [2.45, 2.75) is 24.5 Å². The Morgan fingerprint density at radius 1 is 1.53 bits per heavy atom. The molecule has 0 aliphatic carbocycles. The van der Waals surface area contributed by atoms with Gasteiger partial charge >= 0.3 is 0 Å². The Labute approximate surface area is 96.5 Å². The first-order valence-electron chi connectivity index (χ1n) is 5.45. The molecule has 1 rings (SSSR count). The Balaban J connectivity index is 2.39. The maximum absolute atomic E-state index is 9.13. The molecule has 1 unspecified atom stereocenters. The van der Waals surface area contributed by atoms with Crippen molar-refractivity contribution in [3.63, 3.8) is 0 Å². The molecule has 4 heteroatoms. The van der Waals surface area contributed by atoms with Crippen LogP contribution < -0.4 is 0 Å². The molecular formula is C11H20N2OS. The Morgan fingerprint density at radius 3 is 2.53 bits per heavy atom. The predicted molar refractivity (Wildman–Crippen MR) is 63.8 cm³/mol. The second-order valence-electron chi connectivity index (χ2n) is 4.40. The summed E-state index contributed by atoms with van der Waals surface area (Å²) in [6, 6.07) is 2.44. The Morgan fingerprint density at radius 2 is 2.13 bits per heavy atom. The van der Waals surface area contributed by atoms with Gasteiger partial charge in [0.25, 0.3) is 0 Å². The molecule has 1 N–H and O–H groups in total. The molecule has 3 nitrogen and oxygen atoms in total. The molecule has 0 aromatic carbocycles. The lowest BCUT2D eigenvalue weighted by molar-refractivity contribution is 0.151.